The van der Waals surface area contributed by atoms with Gasteiger partial charge >= 0.3 is 5.97 Å². The van der Waals surface area contributed by atoms with Crippen molar-refractivity contribution in [3.05, 3.63) is 35.1 Å². The van der Waals surface area contributed by atoms with Crippen LogP contribution in [0.4, 0.5) is 4.39 Å². The lowest BCUT2D eigenvalue weighted by Gasteiger charge is -2.39. The summed E-state index contributed by atoms with van der Waals surface area (Å²) in [5, 5.41) is 9.26. The number of aliphatic carboxylic acids is 1. The molecule has 2 rings (SSSR count). The van der Waals surface area contributed by atoms with Gasteiger partial charge in [-0.2, -0.15) is 0 Å². The van der Waals surface area contributed by atoms with Crippen LogP contribution in [0.3, 0.4) is 0 Å². The van der Waals surface area contributed by atoms with Crippen molar-refractivity contribution >= 4 is 11.9 Å². The van der Waals surface area contributed by atoms with Crippen molar-refractivity contribution in [3.63, 3.8) is 0 Å². The molecule has 6 heteroatoms. The molecule has 2 unspecified atom stereocenters. The smallest absolute Gasteiger partial charge is 0.335 e. The van der Waals surface area contributed by atoms with Crippen LogP contribution in [0.2, 0.25) is 0 Å². The Labute approximate surface area is 116 Å². The molecule has 108 valence electrons. The molecule has 0 bridgehead atoms. The predicted octanol–water partition coefficient (Wildman–Crippen LogP) is 1.51. The molecule has 1 aliphatic rings. The minimum absolute atomic E-state index is 0.249. The first-order chi connectivity index (χ1) is 9.45. The van der Waals surface area contributed by atoms with Gasteiger partial charge in [-0.15, -0.1) is 0 Å². The maximum atomic E-state index is 13.3. The monoisotopic (exact) mass is 281 g/mol. The number of nitrogens with zero attached hydrogens (tertiary/aromatic N) is 1. The third-order valence-corrected chi connectivity index (χ3v) is 3.44. The van der Waals surface area contributed by atoms with Crippen molar-refractivity contribution < 1.29 is 23.8 Å². The molecule has 0 aromatic heterocycles. The van der Waals surface area contributed by atoms with Crippen molar-refractivity contribution in [3.8, 4) is 0 Å². The summed E-state index contributed by atoms with van der Waals surface area (Å²) in [4.78, 5) is 24.6. The quantitative estimate of drug-likeness (QED) is 0.912. The number of hydrogen-bond donors (Lipinski definition) is 1. The average molecular weight is 281 g/mol. The van der Waals surface area contributed by atoms with Gasteiger partial charge in [-0.05, 0) is 31.0 Å². The van der Waals surface area contributed by atoms with Gasteiger partial charge in [0.05, 0.1) is 6.04 Å². The van der Waals surface area contributed by atoms with Gasteiger partial charge in [0.15, 0.2) is 6.10 Å². The fraction of sp³-hybridized carbons (Fsp3) is 0.429. The number of carboxylic acid groups (broad SMARTS) is 1. The van der Waals surface area contributed by atoms with Crippen LogP contribution in [-0.4, -0.2) is 41.1 Å². The Bertz CT molecular complexity index is 544. The first-order valence-corrected chi connectivity index (χ1v) is 6.35. The number of aryl methyl sites for hydroxylation is 1. The van der Waals surface area contributed by atoms with Gasteiger partial charge in [-0.3, -0.25) is 4.79 Å². The molecular weight excluding hydrogens is 265 g/mol. The third kappa shape index (κ3) is 2.51. The van der Waals surface area contributed by atoms with Crippen molar-refractivity contribution in [1.29, 1.82) is 0 Å². The molecule has 0 aliphatic carbocycles. The summed E-state index contributed by atoms with van der Waals surface area (Å²) in [5.74, 6) is -1.77. The molecule has 1 amide bonds. The molecule has 0 saturated carbocycles. The normalized spacial score (nSPS) is 22.9. The lowest BCUT2D eigenvalue weighted by Crippen LogP contribution is -2.51. The van der Waals surface area contributed by atoms with Crippen molar-refractivity contribution in [2.75, 3.05) is 13.2 Å². The summed E-state index contributed by atoms with van der Waals surface area (Å²) in [6.07, 6.45) is -1.14. The topological polar surface area (TPSA) is 66.8 Å². The number of rotatable bonds is 3. The minimum atomic E-state index is -1.14. The highest BCUT2D eigenvalue weighted by Crippen LogP contribution is 2.31. The van der Waals surface area contributed by atoms with Gasteiger partial charge in [0.1, 0.15) is 12.4 Å². The molecule has 1 aromatic rings. The zero-order valence-electron chi connectivity index (χ0n) is 11.3. The lowest BCUT2D eigenvalue weighted by atomic mass is 9.96. The molecule has 1 heterocycles. The van der Waals surface area contributed by atoms with Crippen LogP contribution >= 0.6 is 0 Å². The van der Waals surface area contributed by atoms with Gasteiger partial charge < -0.3 is 14.7 Å². The molecule has 1 aromatic carbocycles. The van der Waals surface area contributed by atoms with E-state index in [4.69, 9.17) is 4.74 Å². The van der Waals surface area contributed by atoms with Gasteiger partial charge in [0, 0.05) is 6.54 Å². The van der Waals surface area contributed by atoms with Crippen molar-refractivity contribution in [2.24, 2.45) is 0 Å². The Hall–Kier alpha value is -1.95. The van der Waals surface area contributed by atoms with E-state index in [1.54, 1.807) is 19.9 Å². The molecule has 0 radical (unpaired) electrons. The Morgan fingerprint density at radius 1 is 1.55 bits per heavy atom. The Morgan fingerprint density at radius 2 is 2.25 bits per heavy atom. The zero-order valence-corrected chi connectivity index (χ0v) is 11.3. The molecule has 0 spiro atoms. The van der Waals surface area contributed by atoms with Crippen LogP contribution in [0, 0.1) is 12.7 Å². The van der Waals surface area contributed by atoms with Crippen molar-refractivity contribution in [2.45, 2.75) is 26.0 Å². The summed E-state index contributed by atoms with van der Waals surface area (Å²) in [6.45, 7) is 3.48. The predicted molar refractivity (Wildman–Crippen MR) is 68.6 cm³/mol. The second-order valence-electron chi connectivity index (χ2n) is 4.70. The van der Waals surface area contributed by atoms with E-state index < -0.39 is 18.1 Å². The second kappa shape index (κ2) is 5.58. The number of carboxylic acids is 1. The van der Waals surface area contributed by atoms with E-state index in [0.717, 1.165) is 0 Å². The highest BCUT2D eigenvalue weighted by molar-refractivity contribution is 5.83. The molecule has 1 fully saturated rings. The van der Waals surface area contributed by atoms with Crippen LogP contribution in [0.1, 0.15) is 24.1 Å². The summed E-state index contributed by atoms with van der Waals surface area (Å²) in [6, 6.07) is 3.59. The average Bonchev–Trinajstić information content (AvgIpc) is 2.41. The van der Waals surface area contributed by atoms with Crippen LogP contribution in [0.15, 0.2) is 18.2 Å². The van der Waals surface area contributed by atoms with E-state index in [1.165, 1.54) is 17.0 Å². The molecule has 1 saturated heterocycles. The Balaban J connectivity index is 2.46. The number of ether oxygens (including phenoxy) is 1. The number of carbonyl (C=O) groups is 2. The molecule has 1 N–H and O–H groups in total. The standard InChI is InChI=1S/C14H16FNO4/c1-3-16-11(17)7-20-13(14(18)19)12(16)9-4-5-10(15)8(2)6-9/h4-6,12-13H,3,7H2,1-2H3,(H,18,19). The maximum absolute atomic E-state index is 13.3. The number of amides is 1. The fourth-order valence-electron chi connectivity index (χ4n) is 2.44. The van der Waals surface area contributed by atoms with Gasteiger partial charge in [0.25, 0.3) is 0 Å². The van der Waals surface area contributed by atoms with E-state index in [1.807, 2.05) is 0 Å². The number of halogens is 1. The number of morpholine rings is 1. The first-order valence-electron chi connectivity index (χ1n) is 6.35. The van der Waals surface area contributed by atoms with Crippen LogP contribution in [0.25, 0.3) is 0 Å². The summed E-state index contributed by atoms with van der Waals surface area (Å²) >= 11 is 0. The number of hydrogen-bond acceptors (Lipinski definition) is 3. The highest BCUT2D eigenvalue weighted by atomic mass is 19.1. The van der Waals surface area contributed by atoms with Crippen LogP contribution in [0.5, 0.6) is 0 Å². The Morgan fingerprint density at radius 3 is 2.80 bits per heavy atom. The second-order valence-corrected chi connectivity index (χ2v) is 4.70. The van der Waals surface area contributed by atoms with Crippen LogP contribution in [-0.2, 0) is 14.3 Å². The van der Waals surface area contributed by atoms with Gasteiger partial charge in [-0.25, -0.2) is 9.18 Å². The fourth-order valence-corrected chi connectivity index (χ4v) is 2.44. The summed E-state index contributed by atoms with van der Waals surface area (Å²) in [5.41, 5.74) is 0.965. The zero-order chi connectivity index (χ0) is 14.9. The lowest BCUT2D eigenvalue weighted by molar-refractivity contribution is -0.172. The van der Waals surface area contributed by atoms with E-state index >= 15 is 0 Å². The van der Waals surface area contributed by atoms with E-state index in [0.29, 0.717) is 17.7 Å². The molecular formula is C14H16FNO4. The number of carbonyl (C=O) groups excluding carboxylic acids is 1. The third-order valence-electron chi connectivity index (χ3n) is 3.44. The first kappa shape index (κ1) is 14.5. The van der Waals surface area contributed by atoms with Gasteiger partial charge in [0.2, 0.25) is 5.91 Å². The number of benzene rings is 1. The minimum Gasteiger partial charge on any atom is -0.479 e. The summed E-state index contributed by atoms with van der Waals surface area (Å²) < 4.78 is 18.5. The largest absolute Gasteiger partial charge is 0.479 e. The van der Waals surface area contributed by atoms with E-state index in [-0.39, 0.29) is 18.3 Å². The molecule has 5 nitrogen and oxygen atoms in total. The van der Waals surface area contributed by atoms with Crippen molar-refractivity contribution in [1.82, 2.24) is 4.90 Å². The SMILES string of the molecule is CCN1C(=O)COC(C(=O)O)C1c1ccc(F)c(C)c1. The summed E-state index contributed by atoms with van der Waals surface area (Å²) in [7, 11) is 0. The van der Waals surface area contributed by atoms with Gasteiger partial charge in [-0.1, -0.05) is 12.1 Å². The van der Waals surface area contributed by atoms with Crippen LogP contribution < -0.4 is 0 Å². The van der Waals surface area contributed by atoms with E-state index in [2.05, 4.69) is 0 Å². The Kier molecular flexibility index (Phi) is 4.04. The highest BCUT2D eigenvalue weighted by Gasteiger charge is 2.41. The van der Waals surface area contributed by atoms with E-state index in [9.17, 15) is 19.1 Å². The number of likely N-dealkylation sites (N-methyl/N-ethyl adjacent to an activating group) is 1. The maximum Gasteiger partial charge on any atom is 0.335 e. The molecule has 20 heavy (non-hydrogen) atoms. The molecule has 2 atom stereocenters. The molecule has 1 aliphatic heterocycles.